The van der Waals surface area contributed by atoms with Gasteiger partial charge in [0, 0.05) is 24.9 Å². The molecule has 0 aliphatic rings. The lowest BCUT2D eigenvalue weighted by Gasteiger charge is -2.24. The topological polar surface area (TPSA) is 32.3 Å². The number of aryl methyl sites for hydroxylation is 1. The number of carbonyl (C=O) groups excluding carboxylic acids is 1. The Morgan fingerprint density at radius 3 is 2.52 bits per heavy atom. The molecule has 0 aromatic heterocycles. The zero-order valence-corrected chi connectivity index (χ0v) is 14.5. The second-order valence-corrected chi connectivity index (χ2v) is 6.54. The summed E-state index contributed by atoms with van der Waals surface area (Å²) in [6.07, 6.45) is 0. The fourth-order valence-electron chi connectivity index (χ4n) is 2.12. The van der Waals surface area contributed by atoms with E-state index < -0.39 is 0 Å². The molecular weight excluding hydrogens is 280 g/mol. The molecule has 0 heterocycles. The zero-order chi connectivity index (χ0) is 15.7. The summed E-state index contributed by atoms with van der Waals surface area (Å²) >= 11 is 1.67. The van der Waals surface area contributed by atoms with Crippen LogP contribution in [0.5, 0.6) is 0 Å². The van der Waals surface area contributed by atoms with Crippen molar-refractivity contribution in [3.63, 3.8) is 0 Å². The van der Waals surface area contributed by atoms with Gasteiger partial charge in [0.05, 0.1) is 5.75 Å². The minimum absolute atomic E-state index is 0.131. The third kappa shape index (κ3) is 7.53. The zero-order valence-electron chi connectivity index (χ0n) is 13.7. The number of amides is 1. The lowest BCUT2D eigenvalue weighted by atomic mass is 10.2. The summed E-state index contributed by atoms with van der Waals surface area (Å²) in [6, 6.07) is 9.01. The number of carbonyl (C=O) groups is 1. The molecule has 0 radical (unpaired) electrons. The molecular formula is C17H28N2OS. The van der Waals surface area contributed by atoms with E-state index in [1.165, 1.54) is 11.1 Å². The monoisotopic (exact) mass is 308 g/mol. The quantitative estimate of drug-likeness (QED) is 0.761. The van der Waals surface area contributed by atoms with Crippen LogP contribution in [-0.4, -0.2) is 42.2 Å². The van der Waals surface area contributed by atoms with Crippen LogP contribution in [0.2, 0.25) is 0 Å². The number of rotatable bonds is 9. The number of hydrogen-bond donors (Lipinski definition) is 1. The molecule has 21 heavy (non-hydrogen) atoms. The van der Waals surface area contributed by atoms with Crippen molar-refractivity contribution in [3.8, 4) is 0 Å². The van der Waals surface area contributed by atoms with E-state index in [-0.39, 0.29) is 5.91 Å². The largest absolute Gasteiger partial charge is 0.354 e. The molecule has 1 N–H and O–H groups in total. The van der Waals surface area contributed by atoms with Crippen molar-refractivity contribution in [2.24, 2.45) is 0 Å². The summed E-state index contributed by atoms with van der Waals surface area (Å²) in [5, 5.41) is 3.00. The van der Waals surface area contributed by atoms with E-state index in [2.05, 4.69) is 62.2 Å². The van der Waals surface area contributed by atoms with Crippen molar-refractivity contribution >= 4 is 17.7 Å². The lowest BCUT2D eigenvalue weighted by Crippen LogP contribution is -2.38. The first-order valence-corrected chi connectivity index (χ1v) is 8.82. The summed E-state index contributed by atoms with van der Waals surface area (Å²) < 4.78 is 0. The molecule has 0 aliphatic heterocycles. The maximum atomic E-state index is 11.8. The van der Waals surface area contributed by atoms with Crippen molar-refractivity contribution in [2.45, 2.75) is 39.5 Å². The molecule has 1 rings (SSSR count). The van der Waals surface area contributed by atoms with Crippen molar-refractivity contribution in [3.05, 3.63) is 35.4 Å². The van der Waals surface area contributed by atoms with Crippen LogP contribution >= 0.6 is 11.8 Å². The lowest BCUT2D eigenvalue weighted by molar-refractivity contribution is -0.118. The Balaban J connectivity index is 2.15. The first-order valence-electron chi connectivity index (χ1n) is 7.67. The van der Waals surface area contributed by atoms with Gasteiger partial charge in [-0.15, -0.1) is 11.8 Å². The number of likely N-dealkylation sites (N-methyl/N-ethyl adjacent to an activating group) is 1. The van der Waals surface area contributed by atoms with Crippen molar-refractivity contribution in [2.75, 3.05) is 25.4 Å². The van der Waals surface area contributed by atoms with Gasteiger partial charge in [0.25, 0.3) is 0 Å². The standard InChI is InChI=1S/C17H28N2OS/c1-5-19(14(2)3)11-10-18-17(20)13-21-12-16-8-6-15(4)7-9-16/h6-9,14H,5,10-13H2,1-4H3,(H,18,20). The molecule has 1 aromatic rings. The highest BCUT2D eigenvalue weighted by atomic mass is 32.2. The Hall–Kier alpha value is -1.00. The molecule has 0 bridgehead atoms. The summed E-state index contributed by atoms with van der Waals surface area (Å²) in [6.45, 7) is 11.3. The summed E-state index contributed by atoms with van der Waals surface area (Å²) in [5.74, 6) is 1.55. The highest BCUT2D eigenvalue weighted by Gasteiger charge is 2.07. The summed E-state index contributed by atoms with van der Waals surface area (Å²) in [7, 11) is 0. The predicted molar refractivity (Wildman–Crippen MR) is 92.7 cm³/mol. The van der Waals surface area contributed by atoms with Crippen LogP contribution in [-0.2, 0) is 10.5 Å². The second-order valence-electron chi connectivity index (χ2n) is 5.55. The van der Waals surface area contributed by atoms with Crippen LogP contribution < -0.4 is 5.32 Å². The van der Waals surface area contributed by atoms with Crippen molar-refractivity contribution < 1.29 is 4.79 Å². The van der Waals surface area contributed by atoms with Gasteiger partial charge < -0.3 is 5.32 Å². The molecule has 4 heteroatoms. The van der Waals surface area contributed by atoms with E-state index in [0.717, 1.165) is 25.4 Å². The highest BCUT2D eigenvalue weighted by Crippen LogP contribution is 2.12. The van der Waals surface area contributed by atoms with Gasteiger partial charge in [-0.3, -0.25) is 9.69 Å². The van der Waals surface area contributed by atoms with Gasteiger partial charge in [-0.25, -0.2) is 0 Å². The molecule has 0 saturated carbocycles. The third-order valence-corrected chi connectivity index (χ3v) is 4.48. The average molecular weight is 308 g/mol. The molecule has 1 amide bonds. The Labute approximate surface area is 133 Å². The molecule has 0 saturated heterocycles. The number of benzene rings is 1. The molecule has 1 aromatic carbocycles. The van der Waals surface area contributed by atoms with Crippen molar-refractivity contribution in [1.29, 1.82) is 0 Å². The van der Waals surface area contributed by atoms with Crippen molar-refractivity contribution in [1.82, 2.24) is 10.2 Å². The van der Waals surface area contributed by atoms with Crippen LogP contribution in [0.4, 0.5) is 0 Å². The number of thioether (sulfide) groups is 1. The van der Waals surface area contributed by atoms with Gasteiger partial charge in [-0.2, -0.15) is 0 Å². The third-order valence-electron chi connectivity index (χ3n) is 3.48. The molecule has 0 spiro atoms. The van der Waals surface area contributed by atoms with Gasteiger partial charge in [0.2, 0.25) is 5.91 Å². The van der Waals surface area contributed by atoms with Crippen LogP contribution in [0.25, 0.3) is 0 Å². The van der Waals surface area contributed by atoms with E-state index >= 15 is 0 Å². The Kier molecular flexibility index (Phi) is 8.47. The van der Waals surface area contributed by atoms with Crippen LogP contribution in [0.1, 0.15) is 31.9 Å². The fourth-order valence-corrected chi connectivity index (χ4v) is 2.93. The molecule has 118 valence electrons. The van der Waals surface area contributed by atoms with Crippen LogP contribution in [0.3, 0.4) is 0 Å². The molecule has 0 aliphatic carbocycles. The summed E-state index contributed by atoms with van der Waals surface area (Å²) in [4.78, 5) is 14.1. The number of hydrogen-bond acceptors (Lipinski definition) is 3. The first-order chi connectivity index (χ1) is 10.0. The maximum Gasteiger partial charge on any atom is 0.230 e. The SMILES string of the molecule is CCN(CCNC(=O)CSCc1ccc(C)cc1)C(C)C. The fraction of sp³-hybridized carbons (Fsp3) is 0.588. The van der Waals surface area contributed by atoms with Gasteiger partial charge >= 0.3 is 0 Å². The predicted octanol–water partition coefficient (Wildman–Crippen LogP) is 3.07. The van der Waals surface area contributed by atoms with Crippen LogP contribution in [0.15, 0.2) is 24.3 Å². The molecule has 0 atom stereocenters. The van der Waals surface area contributed by atoms with E-state index in [0.29, 0.717) is 11.8 Å². The number of nitrogens with zero attached hydrogens (tertiary/aromatic N) is 1. The highest BCUT2D eigenvalue weighted by molar-refractivity contribution is 7.99. The van der Waals surface area contributed by atoms with E-state index in [1.54, 1.807) is 11.8 Å². The van der Waals surface area contributed by atoms with E-state index in [1.807, 2.05) is 0 Å². The number of nitrogens with one attached hydrogen (secondary N) is 1. The van der Waals surface area contributed by atoms with E-state index in [9.17, 15) is 4.79 Å². The Bertz CT molecular complexity index is 417. The Morgan fingerprint density at radius 1 is 1.29 bits per heavy atom. The average Bonchev–Trinajstić information content (AvgIpc) is 2.45. The minimum Gasteiger partial charge on any atom is -0.354 e. The molecule has 3 nitrogen and oxygen atoms in total. The minimum atomic E-state index is 0.131. The summed E-state index contributed by atoms with van der Waals surface area (Å²) in [5.41, 5.74) is 2.54. The van der Waals surface area contributed by atoms with Gasteiger partial charge in [-0.05, 0) is 32.9 Å². The van der Waals surface area contributed by atoms with Crippen LogP contribution in [0, 0.1) is 6.92 Å². The first kappa shape index (κ1) is 18.1. The molecule has 0 unspecified atom stereocenters. The van der Waals surface area contributed by atoms with Gasteiger partial charge in [0.15, 0.2) is 0 Å². The smallest absolute Gasteiger partial charge is 0.230 e. The Morgan fingerprint density at radius 2 is 1.95 bits per heavy atom. The normalized spacial score (nSPS) is 11.1. The van der Waals surface area contributed by atoms with E-state index in [4.69, 9.17) is 0 Å². The van der Waals surface area contributed by atoms with Gasteiger partial charge in [-0.1, -0.05) is 36.8 Å². The maximum absolute atomic E-state index is 11.8. The van der Waals surface area contributed by atoms with Gasteiger partial charge in [0.1, 0.15) is 0 Å². The molecule has 0 fully saturated rings. The second kappa shape index (κ2) is 9.85.